The Kier molecular flexibility index (Phi) is 7.84. The van der Waals surface area contributed by atoms with E-state index in [2.05, 4.69) is 0 Å². The summed E-state index contributed by atoms with van der Waals surface area (Å²) in [5.74, 6) is -0.00452. The molecule has 11 heteroatoms. The first-order chi connectivity index (χ1) is 17.9. The second-order valence-corrected chi connectivity index (χ2v) is 8.60. The number of nitro benzene ring substituents is 1. The van der Waals surface area contributed by atoms with Crippen LogP contribution in [0.3, 0.4) is 0 Å². The molecule has 0 atom stereocenters. The quantitative estimate of drug-likeness (QED) is 0.127. The molecule has 0 spiro atoms. The van der Waals surface area contributed by atoms with Gasteiger partial charge in [-0.2, -0.15) is 0 Å². The lowest BCUT2D eigenvalue weighted by atomic mass is 10.2. The maximum Gasteiger partial charge on any atom is 0.343 e. The molecule has 1 aliphatic rings. The zero-order valence-electron chi connectivity index (χ0n) is 19.5. The highest BCUT2D eigenvalue weighted by atomic mass is 32.2. The van der Waals surface area contributed by atoms with Gasteiger partial charge in [0.2, 0.25) is 0 Å². The van der Waals surface area contributed by atoms with Crippen molar-refractivity contribution in [3.63, 3.8) is 0 Å². The Morgan fingerprint density at radius 2 is 1.78 bits per heavy atom. The van der Waals surface area contributed by atoms with Crippen LogP contribution in [0.4, 0.5) is 10.5 Å². The Bertz CT molecular complexity index is 1400. The van der Waals surface area contributed by atoms with Crippen LogP contribution in [0.25, 0.3) is 6.08 Å². The number of nitro groups is 1. The van der Waals surface area contributed by atoms with Gasteiger partial charge in [0.15, 0.2) is 11.5 Å². The molecule has 1 fully saturated rings. The topological polar surface area (TPSA) is 125 Å². The summed E-state index contributed by atoms with van der Waals surface area (Å²) < 4.78 is 16.2. The van der Waals surface area contributed by atoms with Crippen molar-refractivity contribution >= 4 is 40.6 Å². The largest absolute Gasteiger partial charge is 0.493 e. The average Bonchev–Trinajstić information content (AvgIpc) is 3.16. The minimum absolute atomic E-state index is 0.0241. The van der Waals surface area contributed by atoms with Crippen LogP contribution in [0, 0.1) is 10.1 Å². The van der Waals surface area contributed by atoms with Gasteiger partial charge in [-0.1, -0.05) is 30.3 Å². The predicted molar refractivity (Wildman–Crippen MR) is 136 cm³/mol. The van der Waals surface area contributed by atoms with Crippen LogP contribution in [0.1, 0.15) is 15.9 Å². The molecule has 3 aromatic rings. The number of hydrogen-bond donors (Lipinski definition) is 0. The minimum Gasteiger partial charge on any atom is -0.493 e. The number of nitrogens with zero attached hydrogens (tertiary/aromatic N) is 2. The Hall–Kier alpha value is -4.64. The van der Waals surface area contributed by atoms with Crippen LogP contribution in [-0.4, -0.2) is 47.2 Å². The molecule has 0 saturated carbocycles. The summed E-state index contributed by atoms with van der Waals surface area (Å²) in [6.45, 7) is 0.149. The second kappa shape index (κ2) is 11.4. The van der Waals surface area contributed by atoms with Gasteiger partial charge in [0.05, 0.1) is 29.0 Å². The summed E-state index contributed by atoms with van der Waals surface area (Å²) in [5, 5.41) is 10.5. The number of hydrogen-bond acceptors (Lipinski definition) is 9. The number of thioether (sulfide) groups is 1. The number of imide groups is 1. The van der Waals surface area contributed by atoms with Crippen molar-refractivity contribution in [3.05, 3.63) is 98.9 Å². The van der Waals surface area contributed by atoms with Crippen molar-refractivity contribution in [1.29, 1.82) is 0 Å². The van der Waals surface area contributed by atoms with Crippen molar-refractivity contribution in [2.75, 3.05) is 20.3 Å². The molecule has 0 aliphatic carbocycles. The predicted octanol–water partition coefficient (Wildman–Crippen LogP) is 4.94. The number of esters is 1. The summed E-state index contributed by atoms with van der Waals surface area (Å²) in [4.78, 5) is 49.3. The SMILES string of the molecule is COc1ccccc1OCCN1C(=O)S/C(=C\c2cccc(OC(=O)c3cccc([N+](=O)[O-])c3)c2)C1=O. The van der Waals surface area contributed by atoms with E-state index in [1.54, 1.807) is 36.4 Å². The van der Waals surface area contributed by atoms with E-state index in [0.717, 1.165) is 22.7 Å². The first kappa shape index (κ1) is 25.5. The third kappa shape index (κ3) is 6.14. The molecule has 10 nitrogen and oxygen atoms in total. The van der Waals surface area contributed by atoms with Gasteiger partial charge in [-0.25, -0.2) is 4.79 Å². The number of amides is 2. The Morgan fingerprint density at radius 3 is 2.54 bits per heavy atom. The fourth-order valence-corrected chi connectivity index (χ4v) is 4.27. The number of carbonyl (C=O) groups excluding carboxylic acids is 3. The Labute approximate surface area is 215 Å². The van der Waals surface area contributed by atoms with Crippen molar-refractivity contribution in [2.45, 2.75) is 0 Å². The minimum atomic E-state index is -0.767. The molecule has 2 amide bonds. The lowest BCUT2D eigenvalue weighted by molar-refractivity contribution is -0.384. The summed E-state index contributed by atoms with van der Waals surface area (Å²) in [7, 11) is 1.52. The lowest BCUT2D eigenvalue weighted by Crippen LogP contribution is -2.32. The van der Waals surface area contributed by atoms with E-state index < -0.39 is 22.0 Å². The van der Waals surface area contributed by atoms with Gasteiger partial charge < -0.3 is 14.2 Å². The van der Waals surface area contributed by atoms with Gasteiger partial charge >= 0.3 is 5.97 Å². The highest BCUT2D eigenvalue weighted by molar-refractivity contribution is 8.18. The first-order valence-corrected chi connectivity index (χ1v) is 11.8. The third-order valence-electron chi connectivity index (χ3n) is 5.17. The van der Waals surface area contributed by atoms with Gasteiger partial charge in [-0.3, -0.25) is 24.6 Å². The van der Waals surface area contributed by atoms with E-state index in [1.165, 1.54) is 43.5 Å². The molecule has 4 rings (SSSR count). The van der Waals surface area contributed by atoms with Crippen molar-refractivity contribution in [2.24, 2.45) is 0 Å². The highest BCUT2D eigenvalue weighted by Gasteiger charge is 2.34. The van der Waals surface area contributed by atoms with Crippen LogP contribution in [-0.2, 0) is 4.79 Å². The molecular weight excluding hydrogens is 500 g/mol. The molecule has 1 aliphatic heterocycles. The standard InChI is InChI=1S/C26H20N2O8S/c1-34-21-10-2-3-11-22(21)35-13-12-27-24(29)23(37-26(27)31)15-17-6-4-9-20(14-17)36-25(30)18-7-5-8-19(16-18)28(32)33/h2-11,14-16H,12-13H2,1H3/b23-15-. The fraction of sp³-hybridized carbons (Fsp3) is 0.115. The number of methoxy groups -OCH3 is 1. The van der Waals surface area contributed by atoms with Crippen molar-refractivity contribution in [3.8, 4) is 17.2 Å². The third-order valence-corrected chi connectivity index (χ3v) is 6.08. The van der Waals surface area contributed by atoms with Gasteiger partial charge in [0, 0.05) is 12.1 Å². The molecule has 188 valence electrons. The Balaban J connectivity index is 1.41. The monoisotopic (exact) mass is 520 g/mol. The van der Waals surface area contributed by atoms with Gasteiger partial charge in [0.25, 0.3) is 16.8 Å². The lowest BCUT2D eigenvalue weighted by Gasteiger charge is -2.14. The number of benzene rings is 3. The molecule has 1 heterocycles. The zero-order chi connectivity index (χ0) is 26.4. The van der Waals surface area contributed by atoms with E-state index in [1.807, 2.05) is 0 Å². The van der Waals surface area contributed by atoms with Crippen LogP contribution in [0.2, 0.25) is 0 Å². The zero-order valence-corrected chi connectivity index (χ0v) is 20.3. The maximum atomic E-state index is 12.8. The van der Waals surface area contributed by atoms with E-state index in [9.17, 15) is 24.5 Å². The fourth-order valence-electron chi connectivity index (χ4n) is 3.41. The van der Waals surface area contributed by atoms with Crippen molar-refractivity contribution in [1.82, 2.24) is 4.90 Å². The first-order valence-electron chi connectivity index (χ1n) is 10.9. The van der Waals surface area contributed by atoms with Crippen LogP contribution in [0.15, 0.2) is 77.7 Å². The maximum absolute atomic E-state index is 12.8. The molecule has 3 aromatic carbocycles. The number of rotatable bonds is 9. The number of non-ortho nitro benzene ring substituents is 1. The molecule has 0 N–H and O–H groups in total. The highest BCUT2D eigenvalue weighted by Crippen LogP contribution is 2.33. The number of ether oxygens (including phenoxy) is 3. The molecule has 1 saturated heterocycles. The van der Waals surface area contributed by atoms with E-state index in [0.29, 0.717) is 17.1 Å². The van der Waals surface area contributed by atoms with Crippen molar-refractivity contribution < 1.29 is 33.5 Å². The van der Waals surface area contributed by atoms with E-state index >= 15 is 0 Å². The second-order valence-electron chi connectivity index (χ2n) is 7.60. The normalized spacial score (nSPS) is 14.1. The molecule has 0 bridgehead atoms. The van der Waals surface area contributed by atoms with Crippen LogP contribution < -0.4 is 14.2 Å². The summed E-state index contributed by atoms with van der Waals surface area (Å²) in [6.07, 6.45) is 1.52. The molecule has 0 radical (unpaired) electrons. The van der Waals surface area contributed by atoms with Crippen LogP contribution >= 0.6 is 11.8 Å². The molecule has 37 heavy (non-hydrogen) atoms. The number of carbonyl (C=O) groups is 3. The van der Waals surface area contributed by atoms with Gasteiger partial charge in [0.1, 0.15) is 12.4 Å². The van der Waals surface area contributed by atoms with Gasteiger partial charge in [-0.15, -0.1) is 0 Å². The smallest absolute Gasteiger partial charge is 0.343 e. The number of para-hydroxylation sites is 2. The van der Waals surface area contributed by atoms with E-state index in [-0.39, 0.29) is 35.1 Å². The summed E-state index contributed by atoms with van der Waals surface area (Å²) in [5.41, 5.74) is 0.323. The molecular formula is C26H20N2O8S. The summed E-state index contributed by atoms with van der Waals surface area (Å²) >= 11 is 0.798. The molecule has 0 aromatic heterocycles. The van der Waals surface area contributed by atoms with Gasteiger partial charge in [-0.05, 0) is 53.7 Å². The molecule has 0 unspecified atom stereocenters. The Morgan fingerprint density at radius 1 is 1.03 bits per heavy atom. The van der Waals surface area contributed by atoms with Crippen LogP contribution in [0.5, 0.6) is 17.2 Å². The summed E-state index contributed by atoms with van der Waals surface area (Å²) in [6, 6.07) is 18.6. The van der Waals surface area contributed by atoms with E-state index in [4.69, 9.17) is 14.2 Å². The average molecular weight is 521 g/mol.